The summed E-state index contributed by atoms with van der Waals surface area (Å²) in [6, 6.07) is 1.11. The van der Waals surface area contributed by atoms with Crippen LogP contribution in [0.4, 0.5) is 4.39 Å². The molecule has 0 aliphatic rings. The quantitative estimate of drug-likeness (QED) is 0.591. The first-order valence-electron chi connectivity index (χ1n) is 5.19. The van der Waals surface area contributed by atoms with Crippen molar-refractivity contribution in [2.24, 2.45) is 5.84 Å². The largest absolute Gasteiger partial charge is 0.376 e. The van der Waals surface area contributed by atoms with E-state index in [1.54, 1.807) is 13.3 Å². The predicted octanol–water partition coefficient (Wildman–Crippen LogP) is 1.54. The lowest BCUT2D eigenvalue weighted by molar-refractivity contribution is -0.0302. The molecule has 0 aromatic carbocycles. The SMILES string of the molecule is CCC(C)(OC)C(NN)c1cncc(F)c1. The zero-order valence-electron chi connectivity index (χ0n) is 9.83. The van der Waals surface area contributed by atoms with Crippen LogP contribution in [0.5, 0.6) is 0 Å². The van der Waals surface area contributed by atoms with Crippen molar-refractivity contribution in [2.45, 2.75) is 31.9 Å². The Kier molecular flexibility index (Phi) is 4.35. The van der Waals surface area contributed by atoms with E-state index in [4.69, 9.17) is 10.6 Å². The Hall–Kier alpha value is -1.04. The van der Waals surface area contributed by atoms with E-state index in [2.05, 4.69) is 10.4 Å². The Labute approximate surface area is 95.0 Å². The van der Waals surface area contributed by atoms with Gasteiger partial charge in [0.05, 0.1) is 17.8 Å². The standard InChI is InChI=1S/C11H18FN3O/c1-4-11(2,16-3)10(15-13)8-5-9(12)7-14-6-8/h5-7,10,15H,4,13H2,1-3H3. The van der Waals surface area contributed by atoms with Gasteiger partial charge >= 0.3 is 0 Å². The summed E-state index contributed by atoms with van der Waals surface area (Å²) >= 11 is 0. The third-order valence-corrected chi connectivity index (χ3v) is 3.01. The monoisotopic (exact) mass is 227 g/mol. The van der Waals surface area contributed by atoms with Crippen molar-refractivity contribution in [2.75, 3.05) is 7.11 Å². The number of nitrogens with one attached hydrogen (secondary N) is 1. The minimum Gasteiger partial charge on any atom is -0.376 e. The number of ether oxygens (including phenoxy) is 1. The molecule has 16 heavy (non-hydrogen) atoms. The van der Waals surface area contributed by atoms with E-state index in [1.165, 1.54) is 6.07 Å². The molecule has 0 spiro atoms. The number of rotatable bonds is 5. The fourth-order valence-electron chi connectivity index (χ4n) is 1.68. The average Bonchev–Trinajstić information content (AvgIpc) is 2.30. The van der Waals surface area contributed by atoms with Gasteiger partial charge < -0.3 is 4.74 Å². The molecule has 1 heterocycles. The van der Waals surface area contributed by atoms with E-state index < -0.39 is 5.60 Å². The number of halogens is 1. The molecule has 5 heteroatoms. The van der Waals surface area contributed by atoms with Gasteiger partial charge in [-0.1, -0.05) is 6.92 Å². The van der Waals surface area contributed by atoms with E-state index in [0.29, 0.717) is 5.56 Å². The Morgan fingerprint density at radius 1 is 1.62 bits per heavy atom. The minimum atomic E-state index is -0.496. The summed E-state index contributed by atoms with van der Waals surface area (Å²) in [4.78, 5) is 3.81. The highest BCUT2D eigenvalue weighted by atomic mass is 19.1. The van der Waals surface area contributed by atoms with Crippen molar-refractivity contribution < 1.29 is 9.13 Å². The van der Waals surface area contributed by atoms with Crippen molar-refractivity contribution in [3.05, 3.63) is 29.8 Å². The van der Waals surface area contributed by atoms with Crippen molar-refractivity contribution in [1.82, 2.24) is 10.4 Å². The Balaban J connectivity index is 3.06. The van der Waals surface area contributed by atoms with Crippen LogP contribution in [-0.4, -0.2) is 17.7 Å². The predicted molar refractivity (Wildman–Crippen MR) is 60.0 cm³/mol. The van der Waals surface area contributed by atoms with Gasteiger partial charge in [-0.2, -0.15) is 0 Å². The molecule has 90 valence electrons. The smallest absolute Gasteiger partial charge is 0.141 e. The summed E-state index contributed by atoms with van der Waals surface area (Å²) in [5, 5.41) is 0. The maximum absolute atomic E-state index is 13.1. The summed E-state index contributed by atoms with van der Waals surface area (Å²) < 4.78 is 18.5. The molecule has 0 radical (unpaired) electrons. The number of hydrogen-bond donors (Lipinski definition) is 2. The number of methoxy groups -OCH3 is 1. The molecule has 3 N–H and O–H groups in total. The normalized spacial score (nSPS) is 16.8. The van der Waals surface area contributed by atoms with Crippen molar-refractivity contribution in [3.63, 3.8) is 0 Å². The minimum absolute atomic E-state index is 0.300. The molecule has 0 bridgehead atoms. The first-order chi connectivity index (χ1) is 7.57. The van der Waals surface area contributed by atoms with Crippen LogP contribution >= 0.6 is 0 Å². The van der Waals surface area contributed by atoms with Crippen molar-refractivity contribution >= 4 is 0 Å². The fraction of sp³-hybridized carbons (Fsp3) is 0.545. The molecule has 0 aliphatic carbocycles. The van der Waals surface area contributed by atoms with E-state index in [1.807, 2.05) is 13.8 Å². The van der Waals surface area contributed by atoms with Crippen LogP contribution in [0.2, 0.25) is 0 Å². The van der Waals surface area contributed by atoms with Gasteiger partial charge in [0.15, 0.2) is 0 Å². The lowest BCUT2D eigenvalue weighted by Gasteiger charge is -2.35. The zero-order valence-corrected chi connectivity index (χ0v) is 9.83. The molecular weight excluding hydrogens is 209 g/mol. The number of nitrogens with two attached hydrogens (primary N) is 1. The second-order valence-corrected chi connectivity index (χ2v) is 3.91. The second kappa shape index (κ2) is 5.34. The Morgan fingerprint density at radius 3 is 2.75 bits per heavy atom. The van der Waals surface area contributed by atoms with E-state index in [9.17, 15) is 4.39 Å². The van der Waals surface area contributed by atoms with Gasteiger partial charge in [-0.3, -0.25) is 16.3 Å². The highest BCUT2D eigenvalue weighted by Gasteiger charge is 2.33. The first kappa shape index (κ1) is 13.0. The van der Waals surface area contributed by atoms with Crippen molar-refractivity contribution in [1.29, 1.82) is 0 Å². The Bertz CT molecular complexity index is 342. The second-order valence-electron chi connectivity index (χ2n) is 3.91. The average molecular weight is 227 g/mol. The van der Waals surface area contributed by atoms with E-state index in [0.717, 1.165) is 12.6 Å². The van der Waals surface area contributed by atoms with Crippen LogP contribution in [0.25, 0.3) is 0 Å². The van der Waals surface area contributed by atoms with Gasteiger partial charge in [0.1, 0.15) is 5.82 Å². The van der Waals surface area contributed by atoms with Crippen LogP contribution in [-0.2, 0) is 4.74 Å². The van der Waals surface area contributed by atoms with Crippen LogP contribution in [0, 0.1) is 5.82 Å². The maximum Gasteiger partial charge on any atom is 0.141 e. The summed E-state index contributed by atoms with van der Waals surface area (Å²) in [5.74, 6) is 5.13. The summed E-state index contributed by atoms with van der Waals surface area (Å²) in [6.45, 7) is 3.91. The third-order valence-electron chi connectivity index (χ3n) is 3.01. The molecular formula is C11H18FN3O. The van der Waals surface area contributed by atoms with Gasteiger partial charge in [-0.15, -0.1) is 0 Å². The number of nitrogens with zero attached hydrogens (tertiary/aromatic N) is 1. The molecule has 2 atom stereocenters. The molecule has 4 nitrogen and oxygen atoms in total. The lowest BCUT2D eigenvalue weighted by atomic mass is 9.89. The third kappa shape index (κ3) is 2.55. The molecule has 1 rings (SSSR count). The van der Waals surface area contributed by atoms with Crippen LogP contribution < -0.4 is 11.3 Å². The highest BCUT2D eigenvalue weighted by Crippen LogP contribution is 2.30. The zero-order chi connectivity index (χ0) is 12.2. The molecule has 0 fully saturated rings. The van der Waals surface area contributed by atoms with Gasteiger partial charge in [0.25, 0.3) is 0 Å². The fourth-order valence-corrected chi connectivity index (χ4v) is 1.68. The molecule has 1 aromatic rings. The lowest BCUT2D eigenvalue weighted by Crippen LogP contribution is -2.45. The van der Waals surface area contributed by atoms with Gasteiger partial charge in [0.2, 0.25) is 0 Å². The van der Waals surface area contributed by atoms with Crippen LogP contribution in [0.3, 0.4) is 0 Å². The molecule has 0 saturated carbocycles. The van der Waals surface area contributed by atoms with Gasteiger partial charge in [-0.25, -0.2) is 4.39 Å². The molecule has 0 saturated heterocycles. The number of aromatic nitrogens is 1. The van der Waals surface area contributed by atoms with E-state index in [-0.39, 0.29) is 11.9 Å². The highest BCUT2D eigenvalue weighted by molar-refractivity contribution is 5.18. The number of hydrazine groups is 1. The van der Waals surface area contributed by atoms with Gasteiger partial charge in [0, 0.05) is 13.3 Å². The van der Waals surface area contributed by atoms with Crippen molar-refractivity contribution in [3.8, 4) is 0 Å². The van der Waals surface area contributed by atoms with Crippen LogP contribution in [0.15, 0.2) is 18.5 Å². The summed E-state index contributed by atoms with van der Waals surface area (Å²) in [6.07, 6.45) is 3.49. The first-order valence-corrected chi connectivity index (χ1v) is 5.19. The molecule has 1 aromatic heterocycles. The topological polar surface area (TPSA) is 60.2 Å². The van der Waals surface area contributed by atoms with Gasteiger partial charge in [-0.05, 0) is 25.0 Å². The molecule has 0 aliphatic heterocycles. The maximum atomic E-state index is 13.1. The number of pyridine rings is 1. The van der Waals surface area contributed by atoms with Crippen LogP contribution in [0.1, 0.15) is 31.9 Å². The Morgan fingerprint density at radius 2 is 2.31 bits per heavy atom. The summed E-state index contributed by atoms with van der Waals surface area (Å²) in [7, 11) is 1.61. The van der Waals surface area contributed by atoms with E-state index >= 15 is 0 Å². The molecule has 2 unspecified atom stereocenters. The molecule has 0 amide bonds. The number of hydrogen-bond acceptors (Lipinski definition) is 4. The summed E-state index contributed by atoms with van der Waals surface area (Å²) in [5.41, 5.74) is 2.84.